The van der Waals surface area contributed by atoms with Crippen molar-refractivity contribution in [2.75, 3.05) is 0 Å². The number of hydrogen-bond acceptors (Lipinski definition) is 6. The molecule has 0 aliphatic carbocycles. The molecule has 26 heavy (non-hydrogen) atoms. The van der Waals surface area contributed by atoms with Crippen LogP contribution < -0.4 is 4.74 Å². The Labute approximate surface area is 146 Å². The van der Waals surface area contributed by atoms with Gasteiger partial charge >= 0.3 is 6.36 Å². The van der Waals surface area contributed by atoms with Crippen molar-refractivity contribution in [2.45, 2.75) is 25.4 Å². The molecule has 136 valence electrons. The summed E-state index contributed by atoms with van der Waals surface area (Å²) in [4.78, 5) is 4.27. The van der Waals surface area contributed by atoms with Crippen molar-refractivity contribution < 1.29 is 23.0 Å². The number of tetrazole rings is 1. The molecule has 0 aliphatic rings. The number of nitrogens with zero attached hydrogens (tertiary/aromatic N) is 5. The van der Waals surface area contributed by atoms with Gasteiger partial charge in [-0.2, -0.15) is 0 Å². The third kappa shape index (κ3) is 4.99. The average Bonchev–Trinajstić information content (AvgIpc) is 3.08. The number of aliphatic hydroxyl groups excluding tert-OH is 1. The molecule has 0 fully saturated rings. The molecule has 0 saturated heterocycles. The maximum absolute atomic E-state index is 12.2. The number of hydrogen-bond donors (Lipinski definition) is 1. The SMILES string of the molecule is OC(Cc1ccc(-c2ccc(OC(F)(F)F)cc2)cn1)Cn1cnnn1. The van der Waals surface area contributed by atoms with Crippen LogP contribution in [-0.4, -0.2) is 42.8 Å². The minimum absolute atomic E-state index is 0.247. The summed E-state index contributed by atoms with van der Waals surface area (Å²) in [5, 5.41) is 20.7. The van der Waals surface area contributed by atoms with Crippen molar-refractivity contribution in [3.8, 4) is 16.9 Å². The van der Waals surface area contributed by atoms with Gasteiger partial charge in [0.1, 0.15) is 12.1 Å². The molecule has 10 heteroatoms. The Morgan fingerprint density at radius 3 is 2.38 bits per heavy atom. The predicted molar refractivity (Wildman–Crippen MR) is 83.9 cm³/mol. The molecule has 2 aromatic heterocycles. The van der Waals surface area contributed by atoms with Crippen LogP contribution >= 0.6 is 0 Å². The minimum atomic E-state index is -4.71. The smallest absolute Gasteiger partial charge is 0.406 e. The molecule has 7 nitrogen and oxygen atoms in total. The molecule has 1 unspecified atom stereocenters. The van der Waals surface area contributed by atoms with Gasteiger partial charge in [0.25, 0.3) is 0 Å². The van der Waals surface area contributed by atoms with Crippen molar-refractivity contribution in [3.63, 3.8) is 0 Å². The molecule has 0 radical (unpaired) electrons. The summed E-state index contributed by atoms with van der Waals surface area (Å²) in [5.41, 5.74) is 2.11. The van der Waals surface area contributed by atoms with E-state index in [4.69, 9.17) is 0 Å². The summed E-state index contributed by atoms with van der Waals surface area (Å²) in [6.45, 7) is 0.247. The van der Waals surface area contributed by atoms with Crippen LogP contribution in [0.25, 0.3) is 11.1 Å². The zero-order valence-corrected chi connectivity index (χ0v) is 13.3. The summed E-state index contributed by atoms with van der Waals surface area (Å²) in [5.74, 6) is -0.281. The van der Waals surface area contributed by atoms with Crippen molar-refractivity contribution in [2.24, 2.45) is 0 Å². The van der Waals surface area contributed by atoms with Gasteiger partial charge in [0, 0.05) is 23.9 Å². The first-order chi connectivity index (χ1) is 12.4. The molecule has 0 aliphatic heterocycles. The molecular formula is C16H14F3N5O2. The van der Waals surface area contributed by atoms with E-state index < -0.39 is 12.5 Å². The van der Waals surface area contributed by atoms with E-state index in [1.165, 1.54) is 35.3 Å². The van der Waals surface area contributed by atoms with Gasteiger partial charge in [0.2, 0.25) is 0 Å². The van der Waals surface area contributed by atoms with Crippen LogP contribution in [0.3, 0.4) is 0 Å². The van der Waals surface area contributed by atoms with Crippen LogP contribution in [0, 0.1) is 0 Å². The molecular weight excluding hydrogens is 351 g/mol. The number of rotatable bonds is 6. The van der Waals surface area contributed by atoms with E-state index in [0.717, 1.165) is 5.56 Å². The van der Waals surface area contributed by atoms with Crippen molar-refractivity contribution in [3.05, 3.63) is 54.6 Å². The maximum atomic E-state index is 12.2. The van der Waals surface area contributed by atoms with E-state index in [0.29, 0.717) is 17.7 Å². The monoisotopic (exact) mass is 365 g/mol. The van der Waals surface area contributed by atoms with Gasteiger partial charge in [-0.25, -0.2) is 4.68 Å². The third-order valence-electron chi connectivity index (χ3n) is 3.48. The van der Waals surface area contributed by atoms with Gasteiger partial charge in [0.15, 0.2) is 0 Å². The van der Waals surface area contributed by atoms with Crippen LogP contribution in [-0.2, 0) is 13.0 Å². The van der Waals surface area contributed by atoms with E-state index in [1.54, 1.807) is 18.3 Å². The molecule has 1 N–H and O–H groups in total. The molecule has 3 aromatic rings. The van der Waals surface area contributed by atoms with Gasteiger partial charge in [-0.3, -0.25) is 4.98 Å². The molecule has 1 atom stereocenters. The molecule has 3 rings (SSSR count). The van der Waals surface area contributed by atoms with E-state index >= 15 is 0 Å². The fraction of sp³-hybridized carbons (Fsp3) is 0.250. The topological polar surface area (TPSA) is 86.0 Å². The third-order valence-corrected chi connectivity index (χ3v) is 3.48. The number of pyridine rings is 1. The Hall–Kier alpha value is -3.01. The largest absolute Gasteiger partial charge is 0.573 e. The fourth-order valence-electron chi connectivity index (χ4n) is 2.35. The lowest BCUT2D eigenvalue weighted by atomic mass is 10.1. The Bertz CT molecular complexity index is 821. The van der Waals surface area contributed by atoms with Crippen molar-refractivity contribution in [1.29, 1.82) is 0 Å². The highest BCUT2D eigenvalue weighted by molar-refractivity contribution is 5.63. The van der Waals surface area contributed by atoms with E-state index in [2.05, 4.69) is 25.2 Å². The van der Waals surface area contributed by atoms with Crippen molar-refractivity contribution >= 4 is 0 Å². The van der Waals surface area contributed by atoms with Crippen LogP contribution in [0.5, 0.6) is 5.75 Å². The summed E-state index contributed by atoms with van der Waals surface area (Å²) in [7, 11) is 0. The van der Waals surface area contributed by atoms with E-state index in [-0.39, 0.29) is 12.3 Å². The lowest BCUT2D eigenvalue weighted by Gasteiger charge is -2.11. The van der Waals surface area contributed by atoms with Gasteiger partial charge in [-0.05, 0) is 34.2 Å². The molecule has 0 saturated carbocycles. The summed E-state index contributed by atoms with van der Waals surface area (Å²) < 4.78 is 41.8. The first kappa shape index (κ1) is 17.8. The van der Waals surface area contributed by atoms with Gasteiger partial charge in [0.05, 0.1) is 12.6 Å². The summed E-state index contributed by atoms with van der Waals surface area (Å²) >= 11 is 0. The first-order valence-corrected chi connectivity index (χ1v) is 7.59. The molecule has 0 amide bonds. The summed E-state index contributed by atoms with van der Waals surface area (Å²) in [6.07, 6.45) is -2.09. The second-order valence-electron chi connectivity index (χ2n) is 5.50. The number of aromatic nitrogens is 5. The Morgan fingerprint density at radius 2 is 1.81 bits per heavy atom. The van der Waals surface area contributed by atoms with Crippen molar-refractivity contribution in [1.82, 2.24) is 25.2 Å². The predicted octanol–water partition coefficient (Wildman–Crippen LogP) is 2.24. The number of ether oxygens (including phenoxy) is 1. The Morgan fingerprint density at radius 1 is 1.08 bits per heavy atom. The van der Waals surface area contributed by atoms with Gasteiger partial charge in [-0.15, -0.1) is 18.3 Å². The van der Waals surface area contributed by atoms with Gasteiger partial charge < -0.3 is 9.84 Å². The lowest BCUT2D eigenvalue weighted by Crippen LogP contribution is -2.19. The summed E-state index contributed by atoms with van der Waals surface area (Å²) in [6, 6.07) is 9.05. The van der Waals surface area contributed by atoms with Gasteiger partial charge in [-0.1, -0.05) is 18.2 Å². The highest BCUT2D eigenvalue weighted by atomic mass is 19.4. The molecule has 2 heterocycles. The Kier molecular flexibility index (Phi) is 5.12. The highest BCUT2D eigenvalue weighted by Crippen LogP contribution is 2.26. The van der Waals surface area contributed by atoms with E-state index in [1.807, 2.05) is 0 Å². The maximum Gasteiger partial charge on any atom is 0.573 e. The lowest BCUT2D eigenvalue weighted by molar-refractivity contribution is -0.274. The highest BCUT2D eigenvalue weighted by Gasteiger charge is 2.30. The number of halogens is 3. The van der Waals surface area contributed by atoms with E-state index in [9.17, 15) is 18.3 Å². The zero-order valence-electron chi connectivity index (χ0n) is 13.3. The second kappa shape index (κ2) is 7.48. The Balaban J connectivity index is 1.62. The molecule has 0 spiro atoms. The molecule has 0 bridgehead atoms. The quantitative estimate of drug-likeness (QED) is 0.721. The first-order valence-electron chi connectivity index (χ1n) is 7.59. The van der Waals surface area contributed by atoms with Crippen LogP contribution in [0.1, 0.15) is 5.69 Å². The molecule has 1 aromatic carbocycles. The standard InChI is InChI=1S/C16H14F3N5O2/c17-16(18,19)26-15-5-2-11(3-6-15)12-1-4-13(20-8-12)7-14(25)9-24-10-21-22-23-24/h1-6,8,10,14,25H,7,9H2. The fourth-order valence-corrected chi connectivity index (χ4v) is 2.35. The minimum Gasteiger partial charge on any atom is -0.406 e. The number of aliphatic hydroxyl groups is 1. The van der Waals surface area contributed by atoms with Crippen LogP contribution in [0.2, 0.25) is 0 Å². The average molecular weight is 365 g/mol. The normalized spacial score (nSPS) is 12.8. The zero-order chi connectivity index (χ0) is 18.6. The van der Waals surface area contributed by atoms with Crippen LogP contribution in [0.4, 0.5) is 13.2 Å². The van der Waals surface area contributed by atoms with Crippen LogP contribution in [0.15, 0.2) is 48.9 Å². The second-order valence-corrected chi connectivity index (χ2v) is 5.50. The number of benzene rings is 1. The number of alkyl halides is 3.